The molecule has 28 heavy (non-hydrogen) atoms. The zero-order valence-electron chi connectivity index (χ0n) is 16.6. The van der Waals surface area contributed by atoms with Crippen LogP contribution in [0.15, 0.2) is 6.20 Å². The molecule has 4 heterocycles. The number of amides is 3. The van der Waals surface area contributed by atoms with Crippen LogP contribution in [0.25, 0.3) is 0 Å². The first-order chi connectivity index (χ1) is 13.5. The number of carbonyl (C=O) groups excluding carboxylic acids is 3. The first-order valence-electron chi connectivity index (χ1n) is 10.1. The lowest BCUT2D eigenvalue weighted by molar-refractivity contribution is -0.134. The van der Waals surface area contributed by atoms with Gasteiger partial charge in [-0.15, -0.1) is 0 Å². The van der Waals surface area contributed by atoms with Gasteiger partial charge in [0.15, 0.2) is 0 Å². The Morgan fingerprint density at radius 3 is 2.75 bits per heavy atom. The van der Waals surface area contributed by atoms with Crippen LogP contribution in [-0.4, -0.2) is 75.1 Å². The van der Waals surface area contributed by atoms with E-state index in [1.54, 1.807) is 11.8 Å². The Hall–Kier alpha value is -2.51. The summed E-state index contributed by atoms with van der Waals surface area (Å²) < 4.78 is 0. The van der Waals surface area contributed by atoms with Crippen molar-refractivity contribution in [2.24, 2.45) is 5.92 Å². The van der Waals surface area contributed by atoms with Crippen molar-refractivity contribution in [1.29, 1.82) is 0 Å². The summed E-state index contributed by atoms with van der Waals surface area (Å²) in [6.07, 6.45) is 3.76. The average Bonchev–Trinajstić information content (AvgIpc) is 3.33. The summed E-state index contributed by atoms with van der Waals surface area (Å²) in [4.78, 5) is 51.1. The fourth-order valence-electron chi connectivity index (χ4n) is 4.47. The molecule has 2 fully saturated rings. The number of carbonyl (C=O) groups is 3. The molecular formula is C20H27N5O3. The van der Waals surface area contributed by atoms with Crippen molar-refractivity contribution in [1.82, 2.24) is 24.7 Å². The second kappa shape index (κ2) is 7.48. The second-order valence-corrected chi connectivity index (χ2v) is 7.99. The highest BCUT2D eigenvalue weighted by Gasteiger charge is 2.38. The number of nitrogens with zero attached hydrogens (tertiary/aromatic N) is 5. The maximum Gasteiger partial charge on any atom is 0.228 e. The Morgan fingerprint density at radius 2 is 2.04 bits per heavy atom. The fraction of sp³-hybridized carbons (Fsp3) is 0.650. The van der Waals surface area contributed by atoms with Gasteiger partial charge >= 0.3 is 0 Å². The summed E-state index contributed by atoms with van der Waals surface area (Å²) in [5.74, 6) is 0.957. The molecule has 3 aliphatic heterocycles. The molecule has 4 rings (SSSR count). The van der Waals surface area contributed by atoms with E-state index in [4.69, 9.17) is 4.98 Å². The van der Waals surface area contributed by atoms with Crippen LogP contribution >= 0.6 is 0 Å². The van der Waals surface area contributed by atoms with Gasteiger partial charge in [-0.2, -0.15) is 0 Å². The molecule has 150 valence electrons. The number of fused-ring (bicyclic) bond motifs is 1. The molecule has 8 heteroatoms. The molecule has 0 bridgehead atoms. The fourth-order valence-corrected chi connectivity index (χ4v) is 4.47. The van der Waals surface area contributed by atoms with E-state index < -0.39 is 0 Å². The van der Waals surface area contributed by atoms with Crippen molar-refractivity contribution in [3.05, 3.63) is 23.3 Å². The smallest absolute Gasteiger partial charge is 0.228 e. The van der Waals surface area contributed by atoms with Crippen LogP contribution in [0.1, 0.15) is 49.7 Å². The van der Waals surface area contributed by atoms with Crippen LogP contribution in [0.2, 0.25) is 0 Å². The Bertz CT molecular complexity index is 811. The molecular weight excluding hydrogens is 358 g/mol. The minimum absolute atomic E-state index is 0.0757. The molecule has 0 N–H and O–H groups in total. The minimum Gasteiger partial charge on any atom is -0.342 e. The van der Waals surface area contributed by atoms with Gasteiger partial charge in [-0.3, -0.25) is 14.4 Å². The summed E-state index contributed by atoms with van der Waals surface area (Å²) in [7, 11) is 0. The first-order valence-corrected chi connectivity index (χ1v) is 10.1. The lowest BCUT2D eigenvalue weighted by Crippen LogP contribution is -2.36. The highest BCUT2D eigenvalue weighted by molar-refractivity contribution is 5.89. The van der Waals surface area contributed by atoms with E-state index in [2.05, 4.69) is 4.98 Å². The van der Waals surface area contributed by atoms with Crippen LogP contribution in [0.5, 0.6) is 0 Å². The summed E-state index contributed by atoms with van der Waals surface area (Å²) in [5, 5.41) is 0. The molecule has 0 spiro atoms. The number of hydrogen-bond donors (Lipinski definition) is 0. The third kappa shape index (κ3) is 3.47. The van der Waals surface area contributed by atoms with Gasteiger partial charge < -0.3 is 14.7 Å². The molecule has 1 aromatic rings. The molecule has 0 unspecified atom stereocenters. The zero-order chi connectivity index (χ0) is 19.8. The minimum atomic E-state index is -0.215. The van der Waals surface area contributed by atoms with Crippen molar-refractivity contribution in [3.8, 4) is 0 Å². The van der Waals surface area contributed by atoms with Crippen molar-refractivity contribution in [3.63, 3.8) is 0 Å². The third-order valence-corrected chi connectivity index (χ3v) is 6.21. The second-order valence-electron chi connectivity index (χ2n) is 7.99. The number of aromatic nitrogens is 2. The molecule has 3 amide bonds. The lowest BCUT2D eigenvalue weighted by Gasteiger charge is -2.27. The molecule has 3 aliphatic rings. The van der Waals surface area contributed by atoms with Gasteiger partial charge in [0.05, 0.1) is 11.6 Å². The number of hydrogen-bond acceptors (Lipinski definition) is 5. The van der Waals surface area contributed by atoms with E-state index in [1.165, 1.54) is 0 Å². The van der Waals surface area contributed by atoms with Gasteiger partial charge in [0.25, 0.3) is 0 Å². The van der Waals surface area contributed by atoms with Crippen molar-refractivity contribution in [2.45, 2.75) is 45.6 Å². The van der Waals surface area contributed by atoms with Gasteiger partial charge in [0.1, 0.15) is 5.82 Å². The van der Waals surface area contributed by atoms with Gasteiger partial charge in [0, 0.05) is 76.7 Å². The quantitative estimate of drug-likeness (QED) is 0.759. The van der Waals surface area contributed by atoms with Crippen molar-refractivity contribution < 1.29 is 14.4 Å². The Balaban J connectivity index is 1.40. The van der Waals surface area contributed by atoms with Gasteiger partial charge in [-0.25, -0.2) is 9.97 Å². The van der Waals surface area contributed by atoms with E-state index in [-0.39, 0.29) is 29.6 Å². The monoisotopic (exact) mass is 385 g/mol. The van der Waals surface area contributed by atoms with Gasteiger partial charge in [0.2, 0.25) is 17.7 Å². The maximum absolute atomic E-state index is 12.8. The average molecular weight is 385 g/mol. The SMILES string of the molecule is CCN1C[C@@H](C(=O)N2CC[C@@H](c3ncc4c(n3)CCN(C(C)=O)C4)C2)CC1=O. The summed E-state index contributed by atoms with van der Waals surface area (Å²) in [5.41, 5.74) is 2.03. The molecule has 1 aromatic heterocycles. The summed E-state index contributed by atoms with van der Waals surface area (Å²) in [6, 6.07) is 0. The van der Waals surface area contributed by atoms with Gasteiger partial charge in [-0.1, -0.05) is 0 Å². The van der Waals surface area contributed by atoms with E-state index in [9.17, 15) is 14.4 Å². The predicted molar refractivity (Wildman–Crippen MR) is 101 cm³/mol. The molecule has 0 radical (unpaired) electrons. The number of likely N-dealkylation sites (tertiary alicyclic amines) is 2. The molecule has 0 aliphatic carbocycles. The largest absolute Gasteiger partial charge is 0.342 e. The molecule has 0 saturated carbocycles. The summed E-state index contributed by atoms with van der Waals surface area (Å²) in [6.45, 7) is 7.31. The van der Waals surface area contributed by atoms with Gasteiger partial charge in [-0.05, 0) is 13.3 Å². The van der Waals surface area contributed by atoms with E-state index >= 15 is 0 Å². The molecule has 0 aromatic carbocycles. The Kier molecular flexibility index (Phi) is 5.03. The van der Waals surface area contributed by atoms with Crippen LogP contribution in [-0.2, 0) is 27.3 Å². The summed E-state index contributed by atoms with van der Waals surface area (Å²) >= 11 is 0. The Morgan fingerprint density at radius 1 is 1.21 bits per heavy atom. The zero-order valence-corrected chi connectivity index (χ0v) is 16.6. The first kappa shape index (κ1) is 18.8. The van der Waals surface area contributed by atoms with E-state index in [0.717, 1.165) is 29.9 Å². The molecule has 2 saturated heterocycles. The van der Waals surface area contributed by atoms with Crippen LogP contribution in [0.3, 0.4) is 0 Å². The molecule has 8 nitrogen and oxygen atoms in total. The van der Waals surface area contributed by atoms with E-state index in [1.807, 2.05) is 22.9 Å². The highest BCUT2D eigenvalue weighted by Crippen LogP contribution is 2.29. The lowest BCUT2D eigenvalue weighted by atomic mass is 10.0. The predicted octanol–water partition coefficient (Wildman–Crippen LogP) is 0.565. The normalized spacial score (nSPS) is 24.6. The third-order valence-electron chi connectivity index (χ3n) is 6.21. The van der Waals surface area contributed by atoms with Crippen molar-refractivity contribution in [2.75, 3.05) is 32.7 Å². The van der Waals surface area contributed by atoms with Crippen molar-refractivity contribution >= 4 is 17.7 Å². The highest BCUT2D eigenvalue weighted by atomic mass is 16.2. The van der Waals surface area contributed by atoms with Crippen LogP contribution < -0.4 is 0 Å². The van der Waals surface area contributed by atoms with Crippen LogP contribution in [0.4, 0.5) is 0 Å². The maximum atomic E-state index is 12.8. The van der Waals surface area contributed by atoms with E-state index in [0.29, 0.717) is 45.7 Å². The van der Waals surface area contributed by atoms with Crippen LogP contribution in [0, 0.1) is 5.92 Å². The topological polar surface area (TPSA) is 86.7 Å². The standard InChI is InChI=1S/C20H27N5O3/c1-3-23-11-15(8-18(23)27)20(28)25-6-4-14(10-25)19-21-9-16-12-24(13(2)26)7-5-17(16)22-19/h9,14-15H,3-8,10-12H2,1-2H3/t14-,15+/m1/s1. The number of rotatable bonds is 3. The Labute approximate surface area is 164 Å². The molecule has 2 atom stereocenters.